The number of nitrogens with zero attached hydrogens (tertiary/aromatic N) is 1. The monoisotopic (exact) mass is 286 g/mol. The van der Waals surface area contributed by atoms with E-state index in [1.54, 1.807) is 18.5 Å². The molecule has 1 saturated carbocycles. The van der Waals surface area contributed by atoms with Crippen LogP contribution in [0.4, 0.5) is 0 Å². The van der Waals surface area contributed by atoms with E-state index in [1.165, 1.54) is 0 Å². The van der Waals surface area contributed by atoms with Crippen LogP contribution in [0.2, 0.25) is 0 Å². The van der Waals surface area contributed by atoms with E-state index in [4.69, 9.17) is 0 Å². The van der Waals surface area contributed by atoms with Crippen LogP contribution in [0.15, 0.2) is 24.5 Å². The predicted octanol–water partition coefficient (Wildman–Crippen LogP) is 2.88. The lowest BCUT2D eigenvalue weighted by Crippen LogP contribution is -2.25. The summed E-state index contributed by atoms with van der Waals surface area (Å²) in [6, 6.07) is 3.62. The molecule has 5 heteroatoms. The van der Waals surface area contributed by atoms with Gasteiger partial charge in [0, 0.05) is 29.3 Å². The van der Waals surface area contributed by atoms with Crippen molar-refractivity contribution in [3.63, 3.8) is 0 Å². The molecular formula is C16H18N2O3. The Kier molecular flexibility index (Phi) is 3.49. The topological polar surface area (TPSA) is 83.0 Å². The fraction of sp³-hybridized carbons (Fsp3) is 0.438. The third-order valence-electron chi connectivity index (χ3n) is 4.61. The number of aliphatic carboxylic acids is 1. The minimum absolute atomic E-state index is 0.0717. The van der Waals surface area contributed by atoms with Crippen molar-refractivity contribution in [1.29, 1.82) is 0 Å². The highest BCUT2D eigenvalue weighted by Gasteiger charge is 2.42. The number of pyridine rings is 1. The minimum atomic E-state index is -0.859. The summed E-state index contributed by atoms with van der Waals surface area (Å²) in [6.07, 6.45) is 5.50. The molecule has 0 bridgehead atoms. The van der Waals surface area contributed by atoms with Crippen molar-refractivity contribution in [2.45, 2.75) is 26.2 Å². The van der Waals surface area contributed by atoms with Gasteiger partial charge in [0.25, 0.3) is 0 Å². The molecule has 0 aliphatic heterocycles. The third-order valence-corrected chi connectivity index (χ3v) is 4.61. The molecule has 5 nitrogen and oxygen atoms in total. The van der Waals surface area contributed by atoms with Gasteiger partial charge in [0.2, 0.25) is 0 Å². The molecule has 2 heterocycles. The summed E-state index contributed by atoms with van der Waals surface area (Å²) in [5.41, 5.74) is 1.23. The molecule has 0 aromatic carbocycles. The Morgan fingerprint density at radius 1 is 1.38 bits per heavy atom. The highest BCUT2D eigenvalue weighted by atomic mass is 16.4. The van der Waals surface area contributed by atoms with Gasteiger partial charge in [-0.25, -0.2) is 4.98 Å². The molecule has 2 aromatic rings. The molecule has 0 saturated heterocycles. The van der Waals surface area contributed by atoms with E-state index < -0.39 is 17.8 Å². The number of aromatic amines is 1. The minimum Gasteiger partial charge on any atom is -0.481 e. The Hall–Kier alpha value is -2.17. The maximum absolute atomic E-state index is 12.8. The number of hydrogen-bond acceptors (Lipinski definition) is 3. The number of carboxylic acid groups (broad SMARTS) is 1. The lowest BCUT2D eigenvalue weighted by atomic mass is 9.88. The second-order valence-electron chi connectivity index (χ2n) is 5.76. The maximum Gasteiger partial charge on any atom is 0.307 e. The number of ketones is 1. The summed E-state index contributed by atoms with van der Waals surface area (Å²) >= 11 is 0. The van der Waals surface area contributed by atoms with Gasteiger partial charge in [0.15, 0.2) is 5.78 Å². The normalized spacial score (nSPS) is 25.3. The average Bonchev–Trinajstić information content (AvgIpc) is 3.10. The Bertz CT molecular complexity index is 692. The molecule has 110 valence electrons. The van der Waals surface area contributed by atoms with Gasteiger partial charge in [-0.1, -0.05) is 13.3 Å². The molecule has 1 aliphatic rings. The van der Waals surface area contributed by atoms with Gasteiger partial charge in [-0.05, 0) is 30.9 Å². The molecular weight excluding hydrogens is 268 g/mol. The molecule has 3 rings (SSSR count). The third kappa shape index (κ3) is 2.33. The fourth-order valence-electron chi connectivity index (χ4n) is 3.40. The van der Waals surface area contributed by atoms with Crippen molar-refractivity contribution in [2.75, 3.05) is 0 Å². The van der Waals surface area contributed by atoms with Crippen LogP contribution in [0, 0.1) is 17.8 Å². The lowest BCUT2D eigenvalue weighted by molar-refractivity contribution is -0.142. The quantitative estimate of drug-likeness (QED) is 0.846. The Labute approximate surface area is 122 Å². The first kappa shape index (κ1) is 13.8. The van der Waals surface area contributed by atoms with Crippen molar-refractivity contribution < 1.29 is 14.7 Å². The van der Waals surface area contributed by atoms with E-state index in [2.05, 4.69) is 9.97 Å². The largest absolute Gasteiger partial charge is 0.481 e. The Morgan fingerprint density at radius 3 is 2.86 bits per heavy atom. The van der Waals surface area contributed by atoms with Crippen LogP contribution in [-0.2, 0) is 4.79 Å². The first-order chi connectivity index (χ1) is 10.1. The lowest BCUT2D eigenvalue weighted by Gasteiger charge is -2.13. The standard InChI is InChI=1S/C16H18N2O3/c1-2-9-6-11(12(7-9)16(20)21)14(19)13-8-18-15-10(13)4-3-5-17-15/h3-5,8-9,11-12H,2,6-7H2,1H3,(H,17,18)(H,20,21). The van der Waals surface area contributed by atoms with Crippen molar-refractivity contribution in [3.05, 3.63) is 30.1 Å². The highest BCUT2D eigenvalue weighted by Crippen LogP contribution is 2.40. The second kappa shape index (κ2) is 5.31. The number of carbonyl (C=O) groups excluding carboxylic acids is 1. The highest BCUT2D eigenvalue weighted by molar-refractivity contribution is 6.09. The van der Waals surface area contributed by atoms with Gasteiger partial charge in [0.1, 0.15) is 5.65 Å². The number of carboxylic acids is 1. The number of hydrogen-bond donors (Lipinski definition) is 2. The van der Waals surface area contributed by atoms with Crippen LogP contribution in [-0.4, -0.2) is 26.8 Å². The van der Waals surface area contributed by atoms with Crippen LogP contribution in [0.1, 0.15) is 36.5 Å². The van der Waals surface area contributed by atoms with Gasteiger partial charge >= 0.3 is 5.97 Å². The van der Waals surface area contributed by atoms with Gasteiger partial charge in [-0.3, -0.25) is 9.59 Å². The van der Waals surface area contributed by atoms with Gasteiger partial charge < -0.3 is 10.1 Å². The first-order valence-electron chi connectivity index (χ1n) is 7.31. The van der Waals surface area contributed by atoms with Gasteiger partial charge in [0.05, 0.1) is 5.92 Å². The molecule has 0 amide bonds. The predicted molar refractivity (Wildman–Crippen MR) is 78.1 cm³/mol. The first-order valence-corrected chi connectivity index (χ1v) is 7.31. The van der Waals surface area contributed by atoms with E-state index in [-0.39, 0.29) is 5.78 Å². The zero-order valence-corrected chi connectivity index (χ0v) is 11.9. The van der Waals surface area contributed by atoms with E-state index >= 15 is 0 Å². The summed E-state index contributed by atoms with van der Waals surface area (Å²) in [4.78, 5) is 31.4. The molecule has 2 N–H and O–H groups in total. The number of Topliss-reactive ketones (excluding diaryl/α,β-unsaturated/α-hetero) is 1. The number of fused-ring (bicyclic) bond motifs is 1. The molecule has 2 aromatic heterocycles. The van der Waals surface area contributed by atoms with E-state index in [0.717, 1.165) is 11.8 Å². The number of nitrogens with one attached hydrogen (secondary N) is 1. The second-order valence-corrected chi connectivity index (χ2v) is 5.76. The molecule has 3 unspecified atom stereocenters. The molecule has 1 aliphatic carbocycles. The molecule has 0 spiro atoms. The SMILES string of the molecule is CCC1CC(C(=O)O)C(C(=O)c2c[nH]c3ncccc23)C1. The van der Waals surface area contributed by atoms with Crippen LogP contribution < -0.4 is 0 Å². The van der Waals surface area contributed by atoms with Crippen molar-refractivity contribution in [2.24, 2.45) is 17.8 Å². The van der Waals surface area contributed by atoms with Gasteiger partial charge in [-0.2, -0.15) is 0 Å². The Morgan fingerprint density at radius 2 is 2.14 bits per heavy atom. The van der Waals surface area contributed by atoms with Crippen LogP contribution >= 0.6 is 0 Å². The number of H-pyrrole nitrogens is 1. The average molecular weight is 286 g/mol. The Balaban J connectivity index is 1.95. The summed E-state index contributed by atoms with van der Waals surface area (Å²) in [5.74, 6) is -1.60. The van der Waals surface area contributed by atoms with E-state index in [1.807, 2.05) is 13.0 Å². The van der Waals surface area contributed by atoms with Crippen molar-refractivity contribution >= 4 is 22.8 Å². The zero-order valence-electron chi connectivity index (χ0n) is 11.9. The van der Waals surface area contributed by atoms with E-state index in [9.17, 15) is 14.7 Å². The fourth-order valence-corrected chi connectivity index (χ4v) is 3.40. The summed E-state index contributed by atoms with van der Waals surface area (Å²) in [6.45, 7) is 2.05. The van der Waals surface area contributed by atoms with E-state index in [0.29, 0.717) is 30.0 Å². The number of carbonyl (C=O) groups is 2. The summed E-state index contributed by atoms with van der Waals surface area (Å²) in [7, 11) is 0. The van der Waals surface area contributed by atoms with Crippen LogP contribution in [0.25, 0.3) is 11.0 Å². The van der Waals surface area contributed by atoms with Crippen LogP contribution in [0.5, 0.6) is 0 Å². The smallest absolute Gasteiger partial charge is 0.307 e. The number of aromatic nitrogens is 2. The van der Waals surface area contributed by atoms with Crippen molar-refractivity contribution in [1.82, 2.24) is 9.97 Å². The zero-order chi connectivity index (χ0) is 15.0. The summed E-state index contributed by atoms with van der Waals surface area (Å²) < 4.78 is 0. The van der Waals surface area contributed by atoms with Gasteiger partial charge in [-0.15, -0.1) is 0 Å². The number of rotatable bonds is 4. The molecule has 21 heavy (non-hydrogen) atoms. The van der Waals surface area contributed by atoms with Crippen molar-refractivity contribution in [3.8, 4) is 0 Å². The summed E-state index contributed by atoms with van der Waals surface area (Å²) in [5, 5.41) is 10.2. The molecule has 1 fully saturated rings. The molecule has 3 atom stereocenters. The molecule has 0 radical (unpaired) electrons. The maximum atomic E-state index is 12.8. The van der Waals surface area contributed by atoms with Crippen LogP contribution in [0.3, 0.4) is 0 Å².